The minimum Gasteiger partial charge on any atom is -0.339 e. The van der Waals surface area contributed by atoms with Gasteiger partial charge in [0.25, 0.3) is 5.56 Å². The number of carbonyl (C=O) groups is 1. The van der Waals surface area contributed by atoms with Crippen molar-refractivity contribution in [3.8, 4) is 0 Å². The summed E-state index contributed by atoms with van der Waals surface area (Å²) in [5.41, 5.74) is 1.40. The number of fused-ring (bicyclic) bond motifs is 3. The van der Waals surface area contributed by atoms with Crippen molar-refractivity contribution in [3.05, 3.63) is 76.5 Å². The average molecular weight is 448 g/mol. The maximum atomic E-state index is 14.4. The number of piperazine rings is 1. The summed E-state index contributed by atoms with van der Waals surface area (Å²) in [7, 11) is 0. The molecule has 4 aromatic rings. The largest absolute Gasteiger partial charge is 0.339 e. The number of carbonyl (C=O) groups excluding carboxylic acids is 1. The zero-order valence-corrected chi connectivity index (χ0v) is 18.6. The number of rotatable bonds is 5. The Morgan fingerprint density at radius 2 is 1.73 bits per heavy atom. The Bertz CT molecular complexity index is 1380. The molecule has 0 unspecified atom stereocenters. The minimum absolute atomic E-state index is 0.109. The molecule has 0 bridgehead atoms. The van der Waals surface area contributed by atoms with Crippen LogP contribution in [0.3, 0.4) is 0 Å². The van der Waals surface area contributed by atoms with Gasteiger partial charge in [0.2, 0.25) is 5.91 Å². The first kappa shape index (κ1) is 21.3. The van der Waals surface area contributed by atoms with Gasteiger partial charge in [-0.25, -0.2) is 9.07 Å². The molecule has 33 heavy (non-hydrogen) atoms. The Morgan fingerprint density at radius 3 is 2.48 bits per heavy atom. The fourth-order valence-corrected chi connectivity index (χ4v) is 4.61. The van der Waals surface area contributed by atoms with Crippen LogP contribution < -0.4 is 5.56 Å². The van der Waals surface area contributed by atoms with E-state index >= 15 is 0 Å². The van der Waals surface area contributed by atoms with Gasteiger partial charge in [0.1, 0.15) is 17.9 Å². The van der Waals surface area contributed by atoms with Crippen LogP contribution in [0.1, 0.15) is 12.5 Å². The molecule has 1 amide bonds. The van der Waals surface area contributed by atoms with Crippen molar-refractivity contribution in [2.45, 2.75) is 20.0 Å². The average Bonchev–Trinajstić information content (AvgIpc) is 3.16. The summed E-state index contributed by atoms with van der Waals surface area (Å²) < 4.78 is 17.5. The van der Waals surface area contributed by atoms with E-state index in [4.69, 9.17) is 0 Å². The highest BCUT2D eigenvalue weighted by Crippen LogP contribution is 2.27. The van der Waals surface area contributed by atoms with Gasteiger partial charge in [-0.15, -0.1) is 0 Å². The van der Waals surface area contributed by atoms with Crippen LogP contribution in [0.15, 0.2) is 59.5 Å². The van der Waals surface area contributed by atoms with Crippen LogP contribution in [0.5, 0.6) is 0 Å². The Morgan fingerprint density at radius 1 is 1.00 bits per heavy atom. The number of benzene rings is 2. The van der Waals surface area contributed by atoms with Gasteiger partial charge in [-0.05, 0) is 18.7 Å². The molecule has 1 fully saturated rings. The molecule has 3 heterocycles. The fraction of sp³-hybridized carbons (Fsp3) is 0.320. The van der Waals surface area contributed by atoms with Crippen molar-refractivity contribution in [3.63, 3.8) is 0 Å². The number of aromatic nitrogens is 3. The molecule has 0 saturated carbocycles. The van der Waals surface area contributed by atoms with E-state index in [2.05, 4.69) is 16.9 Å². The molecule has 2 aromatic carbocycles. The molecule has 5 rings (SSSR count). The molecule has 0 radical (unpaired) electrons. The van der Waals surface area contributed by atoms with E-state index in [0.29, 0.717) is 29.6 Å². The lowest BCUT2D eigenvalue weighted by Crippen LogP contribution is -2.50. The summed E-state index contributed by atoms with van der Waals surface area (Å²) in [6, 6.07) is 14.2. The maximum absolute atomic E-state index is 14.4. The quantitative estimate of drug-likeness (QED) is 0.472. The monoisotopic (exact) mass is 447 g/mol. The normalized spacial score (nSPS) is 14.9. The molecule has 1 aliphatic rings. The summed E-state index contributed by atoms with van der Waals surface area (Å²) in [4.78, 5) is 30.5. The number of amides is 1. The number of nitrogens with zero attached hydrogens (tertiary/aromatic N) is 5. The second-order valence-corrected chi connectivity index (χ2v) is 8.38. The molecule has 2 aromatic heterocycles. The Hall–Kier alpha value is -3.52. The van der Waals surface area contributed by atoms with Crippen LogP contribution in [0.25, 0.3) is 21.8 Å². The molecule has 7 nitrogen and oxygen atoms in total. The van der Waals surface area contributed by atoms with Crippen molar-refractivity contribution in [2.24, 2.45) is 0 Å². The second-order valence-electron chi connectivity index (χ2n) is 8.38. The van der Waals surface area contributed by atoms with E-state index in [9.17, 15) is 14.0 Å². The van der Waals surface area contributed by atoms with Gasteiger partial charge in [0.15, 0.2) is 0 Å². The first-order valence-electron chi connectivity index (χ1n) is 11.3. The summed E-state index contributed by atoms with van der Waals surface area (Å²) in [6.45, 7) is 6.14. The van der Waals surface area contributed by atoms with Gasteiger partial charge >= 0.3 is 0 Å². The van der Waals surface area contributed by atoms with Crippen LogP contribution in [-0.2, 0) is 17.9 Å². The highest BCUT2D eigenvalue weighted by atomic mass is 19.1. The van der Waals surface area contributed by atoms with E-state index in [1.807, 2.05) is 28.8 Å². The molecular formula is C25H26FN5O2. The van der Waals surface area contributed by atoms with Gasteiger partial charge in [0.05, 0.1) is 12.7 Å². The lowest BCUT2D eigenvalue weighted by atomic mass is 10.2. The first-order valence-corrected chi connectivity index (χ1v) is 11.3. The third kappa shape index (κ3) is 3.91. The molecule has 0 aliphatic carbocycles. The van der Waals surface area contributed by atoms with Gasteiger partial charge in [-0.1, -0.05) is 43.3 Å². The SMILES string of the molecule is CCN1CCN(C(=O)Cn2ncc3c4ccccc4n(Cc4ccccc4F)c3c2=O)CC1. The number of para-hydroxylation sites is 1. The molecule has 8 heteroatoms. The minimum atomic E-state index is -0.347. The van der Waals surface area contributed by atoms with Gasteiger partial charge in [-0.2, -0.15) is 5.10 Å². The number of likely N-dealkylation sites (N-methyl/N-ethyl adjacent to an activating group) is 1. The van der Waals surface area contributed by atoms with E-state index < -0.39 is 0 Å². The standard InChI is InChI=1S/C25H26FN5O2/c1-2-28-11-13-29(14-12-28)23(32)17-31-25(33)24-20(15-27-31)19-8-4-6-10-22(19)30(24)16-18-7-3-5-9-21(18)26/h3-10,15H,2,11-14,16-17H2,1H3. The second kappa shape index (κ2) is 8.78. The van der Waals surface area contributed by atoms with Crippen molar-refractivity contribution >= 4 is 27.7 Å². The Labute approximate surface area is 190 Å². The Kier molecular flexibility index (Phi) is 5.68. The summed E-state index contributed by atoms with van der Waals surface area (Å²) in [5, 5.41) is 5.90. The lowest BCUT2D eigenvalue weighted by molar-refractivity contribution is -0.133. The van der Waals surface area contributed by atoms with Crippen LogP contribution >= 0.6 is 0 Å². The molecule has 1 aliphatic heterocycles. The number of halogens is 1. The fourth-order valence-electron chi connectivity index (χ4n) is 4.61. The van der Waals surface area contributed by atoms with Crippen molar-refractivity contribution in [1.29, 1.82) is 0 Å². The topological polar surface area (TPSA) is 63.4 Å². The third-order valence-electron chi connectivity index (χ3n) is 6.52. The highest BCUT2D eigenvalue weighted by Gasteiger charge is 2.22. The van der Waals surface area contributed by atoms with Crippen LogP contribution in [0.2, 0.25) is 0 Å². The summed E-state index contributed by atoms with van der Waals surface area (Å²) >= 11 is 0. The molecule has 0 atom stereocenters. The number of hydrogen-bond donors (Lipinski definition) is 0. The first-order chi connectivity index (χ1) is 16.1. The lowest BCUT2D eigenvalue weighted by Gasteiger charge is -2.34. The summed E-state index contributed by atoms with van der Waals surface area (Å²) in [6.07, 6.45) is 1.64. The van der Waals surface area contributed by atoms with Crippen LogP contribution in [0, 0.1) is 5.82 Å². The zero-order valence-electron chi connectivity index (χ0n) is 18.6. The van der Waals surface area contributed by atoms with Gasteiger partial charge in [0, 0.05) is 48.0 Å². The zero-order chi connectivity index (χ0) is 22.9. The smallest absolute Gasteiger partial charge is 0.291 e. The molecule has 0 spiro atoms. The Balaban J connectivity index is 1.54. The molecule has 0 N–H and O–H groups in total. The van der Waals surface area contributed by atoms with E-state index in [0.717, 1.165) is 30.5 Å². The van der Waals surface area contributed by atoms with Gasteiger partial charge < -0.3 is 14.4 Å². The third-order valence-corrected chi connectivity index (χ3v) is 6.52. The molecule has 1 saturated heterocycles. The van der Waals surface area contributed by atoms with E-state index in [1.165, 1.54) is 10.7 Å². The predicted octanol–water partition coefficient (Wildman–Crippen LogP) is 2.70. The van der Waals surface area contributed by atoms with Crippen LogP contribution in [0.4, 0.5) is 4.39 Å². The maximum Gasteiger partial charge on any atom is 0.291 e. The molecular weight excluding hydrogens is 421 g/mol. The van der Waals surface area contributed by atoms with Crippen molar-refractivity contribution in [2.75, 3.05) is 32.7 Å². The highest BCUT2D eigenvalue weighted by molar-refractivity contribution is 6.07. The summed E-state index contributed by atoms with van der Waals surface area (Å²) in [5.74, 6) is -0.435. The van der Waals surface area contributed by atoms with E-state index in [-0.39, 0.29) is 30.4 Å². The predicted molar refractivity (Wildman–Crippen MR) is 126 cm³/mol. The van der Waals surface area contributed by atoms with Crippen molar-refractivity contribution in [1.82, 2.24) is 24.1 Å². The van der Waals surface area contributed by atoms with Crippen molar-refractivity contribution < 1.29 is 9.18 Å². The van der Waals surface area contributed by atoms with Crippen LogP contribution in [-0.4, -0.2) is 62.8 Å². The van der Waals surface area contributed by atoms with Gasteiger partial charge in [-0.3, -0.25) is 9.59 Å². The van der Waals surface area contributed by atoms with E-state index in [1.54, 1.807) is 29.3 Å². The molecule has 170 valence electrons. The number of hydrogen-bond acceptors (Lipinski definition) is 4.